The summed E-state index contributed by atoms with van der Waals surface area (Å²) in [7, 11) is 0. The molecule has 2 aliphatic rings. The van der Waals surface area contributed by atoms with E-state index in [1.54, 1.807) is 25.1 Å². The number of aromatic nitrogens is 4. The number of aromatic amines is 2. The zero-order valence-corrected chi connectivity index (χ0v) is 28.4. The minimum atomic E-state index is -4.66. The summed E-state index contributed by atoms with van der Waals surface area (Å²) >= 11 is 5.24. The quantitative estimate of drug-likeness (QED) is 0.164. The van der Waals surface area contributed by atoms with E-state index in [1.807, 2.05) is 30.1 Å². The first kappa shape index (κ1) is 41.3. The fourth-order valence-electron chi connectivity index (χ4n) is 4.44. The minimum absolute atomic E-state index is 0. The molecule has 4 heterocycles. The van der Waals surface area contributed by atoms with Gasteiger partial charge >= 0.3 is 23.7 Å². The molecule has 0 saturated heterocycles. The molecule has 0 amide bonds. The fourth-order valence-corrected chi connectivity index (χ4v) is 4.62. The Labute approximate surface area is 299 Å². The first-order chi connectivity index (χ1) is 23.8. The average Bonchev–Trinajstić information content (AvgIpc) is 3.69. The lowest BCUT2D eigenvalue weighted by Gasteiger charge is -2.16. The Morgan fingerprint density at radius 3 is 1.63 bits per heavy atom. The van der Waals surface area contributed by atoms with E-state index < -0.39 is 47.9 Å². The van der Waals surface area contributed by atoms with Gasteiger partial charge < -0.3 is 42.4 Å². The standard InChI is InChI=1S/C15H14F3N3O4.C9H11NO2.C6H4ClF3N2O2.ClH/c1-8(9-2-3-10-11(4-9)25-7-24-10)19-12-5-13(22)21(14(23)20-12)6-15(16,17)18;1-6(10)7-2-3-8-9(4-7)12-5-11-8;7-3-1-4(13)12(5(14)11-3)2-6(8,9)10;/h2-5,8,19H,6-7H2,1H3,(H,20,23);2-4,6H,5,10H2,1H3;1H,2H2,(H,11,14);1H/p-1/t8-;6-;;/m00../s1. The van der Waals surface area contributed by atoms with Crippen molar-refractivity contribution in [2.75, 3.05) is 18.9 Å². The van der Waals surface area contributed by atoms with Gasteiger partial charge in [-0.1, -0.05) is 23.7 Å². The molecule has 0 unspecified atom stereocenters. The van der Waals surface area contributed by atoms with E-state index >= 15 is 0 Å². The highest BCUT2D eigenvalue weighted by atomic mass is 35.5. The van der Waals surface area contributed by atoms with Crippen molar-refractivity contribution in [1.29, 1.82) is 0 Å². The predicted molar refractivity (Wildman–Crippen MR) is 170 cm³/mol. The number of fused-ring (bicyclic) bond motifs is 2. The Kier molecular flexibility index (Phi) is 13.5. The number of hydrogen-bond acceptors (Lipinski definition) is 10. The lowest BCUT2D eigenvalue weighted by molar-refractivity contribution is -0.142. The molecule has 0 bridgehead atoms. The van der Waals surface area contributed by atoms with Crippen LogP contribution in [0.3, 0.4) is 0 Å². The number of rotatable bonds is 6. The van der Waals surface area contributed by atoms with Gasteiger partial charge in [0.05, 0.1) is 6.04 Å². The largest absolute Gasteiger partial charge is 1.00 e. The Balaban J connectivity index is 0.000000229. The first-order valence-corrected chi connectivity index (χ1v) is 15.0. The van der Waals surface area contributed by atoms with Gasteiger partial charge in [0.15, 0.2) is 23.0 Å². The van der Waals surface area contributed by atoms with Gasteiger partial charge in [-0.05, 0) is 49.2 Å². The summed E-state index contributed by atoms with van der Waals surface area (Å²) < 4.78 is 93.7. The Morgan fingerprint density at radius 1 is 0.731 bits per heavy atom. The second kappa shape index (κ2) is 17.0. The van der Waals surface area contributed by atoms with E-state index in [0.29, 0.717) is 24.4 Å². The minimum Gasteiger partial charge on any atom is -1.00 e. The third-order valence-corrected chi connectivity index (χ3v) is 7.08. The molecule has 0 saturated carbocycles. The smallest absolute Gasteiger partial charge is 0.406 e. The van der Waals surface area contributed by atoms with Gasteiger partial charge in [0.2, 0.25) is 13.6 Å². The van der Waals surface area contributed by atoms with Crippen LogP contribution in [0.2, 0.25) is 5.15 Å². The molecule has 4 aromatic rings. The molecule has 0 radical (unpaired) electrons. The molecule has 52 heavy (non-hydrogen) atoms. The number of ether oxygens (including phenoxy) is 4. The van der Waals surface area contributed by atoms with Crippen molar-refractivity contribution in [3.05, 3.63) is 106 Å². The molecule has 22 heteroatoms. The molecule has 2 atom stereocenters. The van der Waals surface area contributed by atoms with Crippen molar-refractivity contribution in [2.45, 2.75) is 51.4 Å². The summed E-state index contributed by atoms with van der Waals surface area (Å²) in [5.41, 5.74) is 3.12. The maximum Gasteiger partial charge on any atom is 0.406 e. The third-order valence-electron chi connectivity index (χ3n) is 6.87. The number of nitrogens with two attached hydrogens (primary N) is 1. The normalized spacial score (nSPS) is 13.8. The topological polar surface area (TPSA) is 185 Å². The van der Waals surface area contributed by atoms with Gasteiger partial charge in [0.25, 0.3) is 11.1 Å². The molecule has 0 fully saturated rings. The highest BCUT2D eigenvalue weighted by Gasteiger charge is 2.30. The van der Waals surface area contributed by atoms with Crippen molar-refractivity contribution in [3.63, 3.8) is 0 Å². The maximum absolute atomic E-state index is 12.4. The maximum atomic E-state index is 12.4. The molecule has 5 N–H and O–H groups in total. The average molecular weight is 786 g/mol. The molecule has 6 rings (SSSR count). The molecule has 0 aliphatic carbocycles. The van der Waals surface area contributed by atoms with Crippen LogP contribution in [0.25, 0.3) is 0 Å². The second-order valence-electron chi connectivity index (χ2n) is 10.9. The number of alkyl halides is 6. The molecule has 284 valence electrons. The van der Waals surface area contributed by atoms with E-state index in [9.17, 15) is 45.5 Å². The SMILES string of the molecule is C[C@H](N)c1ccc2c(c1)OCO2.C[C@H](Nc1cc(=O)n(CC(F)(F)F)c(=O)[nH]1)c1ccc2c(c1)OCO2.O=c1cc(Cl)[nH]c(=O)n1CC(F)(F)F.[Cl-]. The first-order valence-electron chi connectivity index (χ1n) is 14.6. The number of benzene rings is 2. The molecular formula is C30H29Cl2F6N6O8-. The third kappa shape index (κ3) is 11.5. The lowest BCUT2D eigenvalue weighted by atomic mass is 10.1. The second-order valence-corrected chi connectivity index (χ2v) is 11.3. The highest BCUT2D eigenvalue weighted by Crippen LogP contribution is 2.35. The Morgan fingerprint density at radius 2 is 1.17 bits per heavy atom. The van der Waals surface area contributed by atoms with Crippen LogP contribution in [0.4, 0.5) is 32.2 Å². The monoisotopic (exact) mass is 785 g/mol. The summed E-state index contributed by atoms with van der Waals surface area (Å²) in [6.07, 6.45) is -9.28. The van der Waals surface area contributed by atoms with Crippen LogP contribution in [0.5, 0.6) is 23.0 Å². The van der Waals surface area contributed by atoms with Gasteiger partial charge in [-0.15, -0.1) is 0 Å². The molecular weight excluding hydrogens is 757 g/mol. The molecule has 0 spiro atoms. The zero-order chi connectivity index (χ0) is 37.7. The molecule has 2 aromatic heterocycles. The van der Waals surface area contributed by atoms with E-state index in [4.69, 9.17) is 36.3 Å². The number of anilines is 1. The van der Waals surface area contributed by atoms with Gasteiger partial charge in [0, 0.05) is 18.2 Å². The van der Waals surface area contributed by atoms with Crippen molar-refractivity contribution in [2.24, 2.45) is 5.73 Å². The summed E-state index contributed by atoms with van der Waals surface area (Å²) in [5.74, 6) is 2.81. The summed E-state index contributed by atoms with van der Waals surface area (Å²) in [6.45, 7) is 0.884. The molecule has 2 aromatic carbocycles. The number of halogens is 8. The molecule has 2 aliphatic heterocycles. The van der Waals surface area contributed by atoms with Gasteiger partial charge in [0.1, 0.15) is 24.1 Å². The zero-order valence-electron chi connectivity index (χ0n) is 26.9. The summed E-state index contributed by atoms with van der Waals surface area (Å²) in [6, 6.07) is 12.3. The van der Waals surface area contributed by atoms with Crippen LogP contribution in [-0.2, 0) is 13.1 Å². The molecule has 14 nitrogen and oxygen atoms in total. The van der Waals surface area contributed by atoms with Crippen LogP contribution in [0, 0.1) is 0 Å². The van der Waals surface area contributed by atoms with Crippen LogP contribution in [0.15, 0.2) is 67.7 Å². The van der Waals surface area contributed by atoms with Crippen LogP contribution >= 0.6 is 11.6 Å². The van der Waals surface area contributed by atoms with Crippen LogP contribution < -0.4 is 64.9 Å². The van der Waals surface area contributed by atoms with Gasteiger partial charge in [-0.25, -0.2) is 9.59 Å². The predicted octanol–water partition coefficient (Wildman–Crippen LogP) is 1.19. The van der Waals surface area contributed by atoms with Crippen molar-refractivity contribution >= 4 is 17.4 Å². The van der Waals surface area contributed by atoms with Crippen LogP contribution in [-0.4, -0.2) is 45.0 Å². The highest BCUT2D eigenvalue weighted by molar-refractivity contribution is 6.29. The van der Waals surface area contributed by atoms with Crippen molar-refractivity contribution < 1.29 is 57.7 Å². The fraction of sp³-hybridized carbons (Fsp3) is 0.333. The number of nitrogens with one attached hydrogen (secondary N) is 3. The Bertz CT molecular complexity index is 2040. The Hall–Kier alpha value is -5.08. The van der Waals surface area contributed by atoms with Crippen molar-refractivity contribution in [1.82, 2.24) is 19.1 Å². The summed E-state index contributed by atoms with van der Waals surface area (Å²) in [4.78, 5) is 49.4. The van der Waals surface area contributed by atoms with E-state index in [0.717, 1.165) is 28.7 Å². The number of nitrogens with zero attached hydrogens (tertiary/aromatic N) is 2. The van der Waals surface area contributed by atoms with Crippen molar-refractivity contribution in [3.8, 4) is 23.0 Å². The lowest BCUT2D eigenvalue weighted by Crippen LogP contribution is -3.00. The van der Waals surface area contributed by atoms with E-state index in [1.165, 1.54) is 0 Å². The summed E-state index contributed by atoms with van der Waals surface area (Å²) in [5, 5.41) is 2.58. The number of hydrogen-bond donors (Lipinski definition) is 4. The van der Waals surface area contributed by atoms with E-state index in [-0.39, 0.29) is 51.4 Å². The van der Waals surface area contributed by atoms with E-state index in [2.05, 4.69) is 10.3 Å². The van der Waals surface area contributed by atoms with Gasteiger partial charge in [-0.3, -0.25) is 28.7 Å². The van der Waals surface area contributed by atoms with Crippen LogP contribution in [0.1, 0.15) is 37.1 Å². The number of H-pyrrole nitrogens is 2. The van der Waals surface area contributed by atoms with Gasteiger partial charge in [-0.2, -0.15) is 26.3 Å².